The van der Waals surface area contributed by atoms with E-state index in [1.807, 2.05) is 26.0 Å². The number of carbonyl (C=O) groups is 1. The Kier molecular flexibility index (Phi) is 2.86. The predicted octanol–water partition coefficient (Wildman–Crippen LogP) is 2.72. The van der Waals surface area contributed by atoms with E-state index in [1.165, 1.54) is 6.26 Å². The summed E-state index contributed by atoms with van der Waals surface area (Å²) in [5.74, 6) is 0.404. The fraction of sp³-hybridized carbons (Fsp3) is 0.231. The van der Waals surface area contributed by atoms with Crippen LogP contribution in [0.5, 0.6) is 0 Å². The lowest BCUT2D eigenvalue weighted by molar-refractivity contribution is 0.0964. The largest absolute Gasteiger partial charge is 0.461 e. The molecule has 0 aliphatic heterocycles. The molecule has 2 aromatic rings. The Hall–Kier alpha value is -1.90. The second-order valence-electron chi connectivity index (χ2n) is 3.86. The lowest BCUT2D eigenvalue weighted by Crippen LogP contribution is -2.05. The molecule has 0 bridgehead atoms. The predicted molar refractivity (Wildman–Crippen MR) is 60.5 cm³/mol. The summed E-state index contributed by atoms with van der Waals surface area (Å²) in [7, 11) is 0. The number of pyridine rings is 1. The highest BCUT2D eigenvalue weighted by atomic mass is 16.3. The van der Waals surface area contributed by atoms with E-state index in [2.05, 4.69) is 4.98 Å². The van der Waals surface area contributed by atoms with Crippen molar-refractivity contribution in [2.24, 2.45) is 0 Å². The van der Waals surface area contributed by atoms with Crippen molar-refractivity contribution in [3.05, 3.63) is 53.2 Å². The molecule has 16 heavy (non-hydrogen) atoms. The van der Waals surface area contributed by atoms with Crippen LogP contribution in [0.1, 0.15) is 27.4 Å². The van der Waals surface area contributed by atoms with E-state index in [-0.39, 0.29) is 12.2 Å². The van der Waals surface area contributed by atoms with Crippen molar-refractivity contribution in [1.29, 1.82) is 0 Å². The van der Waals surface area contributed by atoms with Gasteiger partial charge in [0, 0.05) is 11.9 Å². The summed E-state index contributed by atoms with van der Waals surface area (Å²) in [4.78, 5) is 16.0. The van der Waals surface area contributed by atoms with Gasteiger partial charge in [0.1, 0.15) is 0 Å². The van der Waals surface area contributed by atoms with Crippen molar-refractivity contribution in [1.82, 2.24) is 4.98 Å². The van der Waals surface area contributed by atoms with Gasteiger partial charge < -0.3 is 4.42 Å². The third-order valence-corrected chi connectivity index (χ3v) is 2.43. The van der Waals surface area contributed by atoms with E-state index >= 15 is 0 Å². The van der Waals surface area contributed by atoms with Gasteiger partial charge in [-0.3, -0.25) is 9.78 Å². The van der Waals surface area contributed by atoms with Gasteiger partial charge in [-0.25, -0.2) is 0 Å². The molecule has 0 unspecified atom stereocenters. The second kappa shape index (κ2) is 4.31. The van der Waals surface area contributed by atoms with Crippen molar-refractivity contribution in [2.75, 3.05) is 0 Å². The van der Waals surface area contributed by atoms with Crippen LogP contribution in [0.4, 0.5) is 0 Å². The molecule has 0 aromatic carbocycles. The molecule has 2 rings (SSSR count). The van der Waals surface area contributed by atoms with E-state index in [1.54, 1.807) is 12.3 Å². The topological polar surface area (TPSA) is 43.1 Å². The number of aryl methyl sites for hydroxylation is 2. The van der Waals surface area contributed by atoms with Gasteiger partial charge in [-0.15, -0.1) is 0 Å². The molecular weight excluding hydrogens is 202 g/mol. The first-order valence-corrected chi connectivity index (χ1v) is 5.15. The molecule has 3 nitrogen and oxygen atoms in total. The van der Waals surface area contributed by atoms with Gasteiger partial charge in [-0.1, -0.05) is 6.07 Å². The van der Waals surface area contributed by atoms with E-state index in [0.29, 0.717) is 5.76 Å². The number of Topliss-reactive ketones (excluding diaryl/α,β-unsaturated/α-hetero) is 1. The molecule has 82 valence electrons. The molecule has 0 N–H and O–H groups in total. The normalized spacial score (nSPS) is 10.4. The van der Waals surface area contributed by atoms with Gasteiger partial charge >= 0.3 is 0 Å². The van der Waals surface area contributed by atoms with Crippen LogP contribution in [0.2, 0.25) is 0 Å². The average Bonchev–Trinajstić information content (AvgIpc) is 2.68. The summed E-state index contributed by atoms with van der Waals surface area (Å²) >= 11 is 0. The molecule has 0 aliphatic rings. The second-order valence-corrected chi connectivity index (χ2v) is 3.86. The number of nitrogens with zero attached hydrogens (tertiary/aromatic N) is 1. The average molecular weight is 215 g/mol. The standard InChI is InChI=1S/C13H13NO2/c1-9-3-4-11(14-8-9)7-12(15)13-10(2)5-6-16-13/h3-6,8H,7H2,1-2H3. The fourth-order valence-corrected chi connectivity index (χ4v) is 1.51. The molecule has 0 spiro atoms. The Bertz CT molecular complexity index is 497. The van der Waals surface area contributed by atoms with Crippen molar-refractivity contribution >= 4 is 5.78 Å². The van der Waals surface area contributed by atoms with Crippen LogP contribution < -0.4 is 0 Å². The summed E-state index contributed by atoms with van der Waals surface area (Å²) in [5.41, 5.74) is 2.73. The first-order chi connectivity index (χ1) is 7.66. The van der Waals surface area contributed by atoms with Crippen LogP contribution in [-0.2, 0) is 6.42 Å². The molecule has 0 saturated heterocycles. The Labute approximate surface area is 94.1 Å². The van der Waals surface area contributed by atoms with Gasteiger partial charge in [-0.2, -0.15) is 0 Å². The molecule has 0 saturated carbocycles. The highest BCUT2D eigenvalue weighted by molar-refractivity contribution is 5.95. The Morgan fingerprint density at radius 1 is 1.31 bits per heavy atom. The van der Waals surface area contributed by atoms with Crippen LogP contribution in [0.3, 0.4) is 0 Å². The van der Waals surface area contributed by atoms with Crippen LogP contribution in [0.15, 0.2) is 35.1 Å². The summed E-state index contributed by atoms with van der Waals surface area (Å²) in [5, 5.41) is 0. The smallest absolute Gasteiger partial charge is 0.204 e. The third kappa shape index (κ3) is 2.19. The SMILES string of the molecule is Cc1ccc(CC(=O)c2occc2C)nc1. The molecule has 2 heterocycles. The number of hydrogen-bond acceptors (Lipinski definition) is 3. The highest BCUT2D eigenvalue weighted by Gasteiger charge is 2.13. The van der Waals surface area contributed by atoms with E-state index in [9.17, 15) is 4.79 Å². The van der Waals surface area contributed by atoms with E-state index < -0.39 is 0 Å². The first kappa shape index (κ1) is 10.6. The summed E-state index contributed by atoms with van der Waals surface area (Å²) in [6.45, 7) is 3.83. The molecule has 0 atom stereocenters. The van der Waals surface area contributed by atoms with Crippen LogP contribution in [0.25, 0.3) is 0 Å². The van der Waals surface area contributed by atoms with E-state index in [0.717, 1.165) is 16.8 Å². The van der Waals surface area contributed by atoms with Gasteiger partial charge in [-0.05, 0) is 37.1 Å². The van der Waals surface area contributed by atoms with Crippen LogP contribution >= 0.6 is 0 Å². The fourth-order valence-electron chi connectivity index (χ4n) is 1.51. The van der Waals surface area contributed by atoms with Gasteiger partial charge in [0.2, 0.25) is 5.78 Å². The van der Waals surface area contributed by atoms with E-state index in [4.69, 9.17) is 4.42 Å². The van der Waals surface area contributed by atoms with Crippen molar-refractivity contribution < 1.29 is 9.21 Å². The summed E-state index contributed by atoms with van der Waals surface area (Å²) in [6, 6.07) is 5.60. The highest BCUT2D eigenvalue weighted by Crippen LogP contribution is 2.12. The zero-order valence-corrected chi connectivity index (χ0v) is 9.36. The van der Waals surface area contributed by atoms with Crippen LogP contribution in [0, 0.1) is 13.8 Å². The Balaban J connectivity index is 2.14. The molecule has 2 aromatic heterocycles. The van der Waals surface area contributed by atoms with Gasteiger partial charge in [0.05, 0.1) is 12.7 Å². The zero-order valence-electron chi connectivity index (χ0n) is 9.36. The van der Waals surface area contributed by atoms with Crippen molar-refractivity contribution in [2.45, 2.75) is 20.3 Å². The quantitative estimate of drug-likeness (QED) is 0.739. The van der Waals surface area contributed by atoms with Crippen molar-refractivity contribution in [3.63, 3.8) is 0 Å². The molecule has 0 radical (unpaired) electrons. The Morgan fingerprint density at radius 2 is 2.12 bits per heavy atom. The third-order valence-electron chi connectivity index (χ3n) is 2.43. The molecule has 0 amide bonds. The molecule has 0 fully saturated rings. The lowest BCUT2D eigenvalue weighted by atomic mass is 10.1. The number of aromatic nitrogens is 1. The number of ketones is 1. The summed E-state index contributed by atoms with van der Waals surface area (Å²) < 4.78 is 5.14. The first-order valence-electron chi connectivity index (χ1n) is 5.15. The van der Waals surface area contributed by atoms with Gasteiger partial charge in [0.25, 0.3) is 0 Å². The number of furan rings is 1. The minimum atomic E-state index is -0.0288. The summed E-state index contributed by atoms with van der Waals surface area (Å²) in [6.07, 6.45) is 3.58. The number of hydrogen-bond donors (Lipinski definition) is 0. The Morgan fingerprint density at radius 3 is 2.69 bits per heavy atom. The maximum Gasteiger partial charge on any atom is 0.204 e. The molecular formula is C13H13NO2. The number of rotatable bonds is 3. The zero-order chi connectivity index (χ0) is 11.5. The van der Waals surface area contributed by atoms with Crippen molar-refractivity contribution in [3.8, 4) is 0 Å². The molecule has 0 aliphatic carbocycles. The van der Waals surface area contributed by atoms with Crippen LogP contribution in [-0.4, -0.2) is 10.8 Å². The van der Waals surface area contributed by atoms with Gasteiger partial charge in [0.15, 0.2) is 5.76 Å². The maximum absolute atomic E-state index is 11.8. The minimum absolute atomic E-state index is 0.0288. The molecule has 3 heteroatoms. The number of carbonyl (C=O) groups excluding carboxylic acids is 1. The minimum Gasteiger partial charge on any atom is -0.461 e. The lowest BCUT2D eigenvalue weighted by Gasteiger charge is -1.99. The maximum atomic E-state index is 11.8. The monoisotopic (exact) mass is 215 g/mol.